The molecule has 35 heavy (non-hydrogen) atoms. The molecule has 1 spiro atoms. The maximum atomic E-state index is 13.0. The van der Waals surface area contributed by atoms with Gasteiger partial charge in [-0.15, -0.1) is 0 Å². The molecule has 4 aliphatic rings. The van der Waals surface area contributed by atoms with Crippen molar-refractivity contribution in [2.45, 2.75) is 49.7 Å². The van der Waals surface area contributed by atoms with E-state index in [-0.39, 0.29) is 11.3 Å². The number of nitrogens with zero attached hydrogens (tertiary/aromatic N) is 1. The summed E-state index contributed by atoms with van der Waals surface area (Å²) in [6.07, 6.45) is 9.03. The number of hydrazine groups is 1. The number of anilines is 1. The minimum atomic E-state index is -0.342. The smallest absolute Gasteiger partial charge is 0.235 e. The van der Waals surface area contributed by atoms with Gasteiger partial charge >= 0.3 is 0 Å². The van der Waals surface area contributed by atoms with Gasteiger partial charge in [-0.2, -0.15) is 0 Å². The zero-order valence-corrected chi connectivity index (χ0v) is 20.9. The predicted octanol–water partition coefficient (Wildman–Crippen LogP) is 3.94. The van der Waals surface area contributed by atoms with Crippen LogP contribution in [-0.2, 0) is 16.8 Å². The van der Waals surface area contributed by atoms with Crippen molar-refractivity contribution in [3.63, 3.8) is 0 Å². The highest BCUT2D eigenvalue weighted by Gasteiger charge is 2.67. The largest absolute Gasteiger partial charge is 0.497 e. The number of carbonyl (C=O) groups is 1. The van der Waals surface area contributed by atoms with Crippen LogP contribution in [0.25, 0.3) is 6.08 Å². The summed E-state index contributed by atoms with van der Waals surface area (Å²) >= 11 is 0. The molecule has 1 amide bonds. The van der Waals surface area contributed by atoms with Crippen molar-refractivity contribution in [1.82, 2.24) is 15.8 Å². The lowest BCUT2D eigenvalue weighted by molar-refractivity contribution is -0.118. The Bertz CT molecular complexity index is 1140. The van der Waals surface area contributed by atoms with Gasteiger partial charge in [0.25, 0.3) is 0 Å². The predicted molar refractivity (Wildman–Crippen MR) is 139 cm³/mol. The number of methoxy groups -OCH3 is 1. The summed E-state index contributed by atoms with van der Waals surface area (Å²) in [5.74, 6) is 2.60. The van der Waals surface area contributed by atoms with Gasteiger partial charge in [0.15, 0.2) is 0 Å². The SMILES string of the molecule is COc1ccc2c(c1)[C@]1(CC1C1CCC3C(/C=C/c4ccc(CN(C)C)cc4)NNC3C1)C(=O)N2. The van der Waals surface area contributed by atoms with Gasteiger partial charge in [0.2, 0.25) is 5.91 Å². The van der Waals surface area contributed by atoms with Crippen molar-refractivity contribution in [3.05, 3.63) is 65.2 Å². The van der Waals surface area contributed by atoms with Gasteiger partial charge in [0.05, 0.1) is 12.5 Å². The second kappa shape index (κ2) is 8.77. The van der Waals surface area contributed by atoms with Crippen molar-refractivity contribution in [3.8, 4) is 5.75 Å². The van der Waals surface area contributed by atoms with Crippen molar-refractivity contribution < 1.29 is 9.53 Å². The van der Waals surface area contributed by atoms with Crippen molar-refractivity contribution in [2.75, 3.05) is 26.5 Å². The third-order valence-corrected chi connectivity index (χ3v) is 8.76. The summed E-state index contributed by atoms with van der Waals surface area (Å²) in [6.45, 7) is 0.964. The van der Waals surface area contributed by atoms with E-state index < -0.39 is 0 Å². The fraction of sp³-hybridized carbons (Fsp3) is 0.483. The zero-order chi connectivity index (χ0) is 24.2. The third kappa shape index (κ3) is 3.98. The van der Waals surface area contributed by atoms with Crippen LogP contribution in [0.4, 0.5) is 5.69 Å². The average molecular weight is 473 g/mol. The average Bonchev–Trinajstić information content (AvgIpc) is 3.40. The number of rotatable bonds is 6. The van der Waals surface area contributed by atoms with E-state index in [1.807, 2.05) is 12.1 Å². The van der Waals surface area contributed by atoms with Crippen LogP contribution in [0.2, 0.25) is 0 Å². The number of hydrogen-bond acceptors (Lipinski definition) is 5. The van der Waals surface area contributed by atoms with Gasteiger partial charge in [-0.3, -0.25) is 15.6 Å². The molecule has 184 valence electrons. The molecular weight excluding hydrogens is 436 g/mol. The maximum Gasteiger partial charge on any atom is 0.235 e. The first-order valence-electron chi connectivity index (χ1n) is 12.9. The molecule has 0 radical (unpaired) electrons. The van der Waals surface area contributed by atoms with Gasteiger partial charge in [-0.25, -0.2) is 0 Å². The first-order chi connectivity index (χ1) is 17.0. The summed E-state index contributed by atoms with van der Waals surface area (Å²) in [6, 6.07) is 15.6. The van der Waals surface area contributed by atoms with E-state index >= 15 is 0 Å². The summed E-state index contributed by atoms with van der Waals surface area (Å²) < 4.78 is 5.46. The van der Waals surface area contributed by atoms with Crippen LogP contribution in [0, 0.1) is 17.8 Å². The number of carbonyl (C=O) groups excluding carboxylic acids is 1. The van der Waals surface area contributed by atoms with Crippen LogP contribution >= 0.6 is 0 Å². The summed E-state index contributed by atoms with van der Waals surface area (Å²) in [7, 11) is 5.88. The first kappa shape index (κ1) is 22.8. The van der Waals surface area contributed by atoms with Gasteiger partial charge in [-0.1, -0.05) is 36.4 Å². The van der Waals surface area contributed by atoms with Crippen LogP contribution in [0.5, 0.6) is 5.75 Å². The third-order valence-electron chi connectivity index (χ3n) is 8.76. The molecule has 6 heteroatoms. The van der Waals surface area contributed by atoms with Crippen LogP contribution < -0.4 is 20.9 Å². The lowest BCUT2D eigenvalue weighted by Crippen LogP contribution is -2.37. The molecule has 2 aliphatic carbocycles. The fourth-order valence-electron chi connectivity index (χ4n) is 6.92. The van der Waals surface area contributed by atoms with Crippen molar-refractivity contribution >= 4 is 17.7 Å². The Morgan fingerprint density at radius 1 is 1.11 bits per heavy atom. The molecule has 3 N–H and O–H groups in total. The number of nitrogens with one attached hydrogen (secondary N) is 3. The lowest BCUT2D eigenvalue weighted by Gasteiger charge is -2.33. The maximum absolute atomic E-state index is 13.0. The number of benzene rings is 2. The molecule has 1 saturated heterocycles. The highest BCUT2D eigenvalue weighted by atomic mass is 16.5. The molecule has 0 aromatic heterocycles. The van der Waals surface area contributed by atoms with E-state index in [1.54, 1.807) is 7.11 Å². The Morgan fingerprint density at radius 3 is 2.71 bits per heavy atom. The molecule has 2 saturated carbocycles. The van der Waals surface area contributed by atoms with Crippen molar-refractivity contribution in [1.29, 1.82) is 0 Å². The first-order valence-corrected chi connectivity index (χ1v) is 12.9. The zero-order valence-electron chi connectivity index (χ0n) is 20.9. The Morgan fingerprint density at radius 2 is 1.94 bits per heavy atom. The normalized spacial score (nSPS) is 33.3. The molecule has 0 bridgehead atoms. The molecule has 6 nitrogen and oxygen atoms in total. The van der Waals surface area contributed by atoms with E-state index in [0.29, 0.717) is 29.8 Å². The van der Waals surface area contributed by atoms with Gasteiger partial charge in [0.1, 0.15) is 5.75 Å². The Kier molecular flexibility index (Phi) is 5.71. The fourth-order valence-corrected chi connectivity index (χ4v) is 6.92. The molecule has 2 heterocycles. The topological polar surface area (TPSA) is 65.6 Å². The molecule has 6 rings (SSSR count). The van der Waals surface area contributed by atoms with Gasteiger partial charge in [0, 0.05) is 24.3 Å². The number of fused-ring (bicyclic) bond motifs is 3. The van der Waals surface area contributed by atoms with Crippen LogP contribution in [0.3, 0.4) is 0 Å². The molecule has 6 atom stereocenters. The van der Waals surface area contributed by atoms with Gasteiger partial charge < -0.3 is 15.0 Å². The number of ether oxygens (including phenoxy) is 1. The number of amides is 1. The standard InChI is InChI=1S/C29H36N4O2/c1-33(2)17-19-6-4-18(5-7-19)8-12-25-22-11-9-20(14-27(22)32-31-25)24-16-29(24)23-15-21(35-3)10-13-26(23)30-28(29)34/h4-8,10,12-13,15,20,22,24-25,27,31-32H,9,11,14,16-17H2,1-3H3,(H,30,34)/b12-8+/t20?,22?,24?,25?,27?,29-/m0/s1. The summed E-state index contributed by atoms with van der Waals surface area (Å²) in [4.78, 5) is 15.2. The minimum Gasteiger partial charge on any atom is -0.497 e. The molecule has 5 unspecified atom stereocenters. The highest BCUT2D eigenvalue weighted by molar-refractivity contribution is 6.09. The second-order valence-electron chi connectivity index (χ2n) is 11.1. The summed E-state index contributed by atoms with van der Waals surface area (Å²) in [5.41, 5.74) is 11.5. The van der Waals surface area contributed by atoms with E-state index in [0.717, 1.165) is 36.4 Å². The number of hydrogen-bond donors (Lipinski definition) is 3. The van der Waals surface area contributed by atoms with E-state index in [9.17, 15) is 4.79 Å². The summed E-state index contributed by atoms with van der Waals surface area (Å²) in [5, 5.41) is 3.13. The van der Waals surface area contributed by atoms with Crippen LogP contribution in [0.15, 0.2) is 48.5 Å². The minimum absolute atomic E-state index is 0.183. The molecule has 2 aromatic carbocycles. The second-order valence-corrected chi connectivity index (χ2v) is 11.1. The molecular formula is C29H36N4O2. The monoisotopic (exact) mass is 472 g/mol. The van der Waals surface area contributed by atoms with E-state index in [4.69, 9.17) is 4.74 Å². The molecule has 3 fully saturated rings. The Labute approximate surface area is 208 Å². The van der Waals surface area contributed by atoms with E-state index in [1.165, 1.54) is 24.0 Å². The highest BCUT2D eigenvalue weighted by Crippen LogP contribution is 2.65. The van der Waals surface area contributed by atoms with Crippen LogP contribution in [-0.4, -0.2) is 44.1 Å². The van der Waals surface area contributed by atoms with Gasteiger partial charge in [-0.05, 0) is 92.4 Å². The molecule has 2 aliphatic heterocycles. The molecule has 2 aromatic rings. The van der Waals surface area contributed by atoms with Crippen molar-refractivity contribution in [2.24, 2.45) is 17.8 Å². The quantitative estimate of drug-likeness (QED) is 0.594. The van der Waals surface area contributed by atoms with Crippen LogP contribution in [0.1, 0.15) is 42.4 Å². The Hall–Kier alpha value is -2.67. The van der Waals surface area contributed by atoms with E-state index in [2.05, 4.69) is 77.6 Å². The lowest BCUT2D eigenvalue weighted by atomic mass is 9.73. The Balaban J connectivity index is 1.10.